The molecule has 0 bridgehead atoms. The molecular formula is C13H13F2NO3S. The molecule has 7 heteroatoms. The van der Waals surface area contributed by atoms with Crippen molar-refractivity contribution in [2.45, 2.75) is 24.7 Å². The summed E-state index contributed by atoms with van der Waals surface area (Å²) in [7, 11) is 0. The van der Waals surface area contributed by atoms with Crippen LogP contribution in [0.1, 0.15) is 18.9 Å². The molecule has 1 atom stereocenters. The van der Waals surface area contributed by atoms with Crippen LogP contribution < -0.4 is 0 Å². The average Bonchev–Trinajstić information content (AvgIpc) is 2.76. The standard InChI is InChI=1S/C13H13F2NO3S/c1-13(5-11(12(17)18)16-19-13)7-20-6-8-9(14)3-2-4-10(8)15/h2-4H,5-7H2,1H3,(H,17,18). The van der Waals surface area contributed by atoms with E-state index in [2.05, 4.69) is 5.16 Å². The second-order valence-corrected chi connectivity index (χ2v) is 5.74. The van der Waals surface area contributed by atoms with Crippen molar-refractivity contribution < 1.29 is 23.5 Å². The van der Waals surface area contributed by atoms with Gasteiger partial charge in [0.25, 0.3) is 0 Å². The van der Waals surface area contributed by atoms with Crippen molar-refractivity contribution in [2.24, 2.45) is 5.16 Å². The molecule has 0 fully saturated rings. The van der Waals surface area contributed by atoms with Gasteiger partial charge in [-0.25, -0.2) is 13.6 Å². The molecule has 1 aromatic carbocycles. The Morgan fingerprint density at radius 2 is 2.15 bits per heavy atom. The number of hydrogen-bond acceptors (Lipinski definition) is 4. The van der Waals surface area contributed by atoms with Gasteiger partial charge < -0.3 is 9.94 Å². The highest BCUT2D eigenvalue weighted by Crippen LogP contribution is 2.30. The van der Waals surface area contributed by atoms with E-state index in [9.17, 15) is 13.6 Å². The largest absolute Gasteiger partial charge is 0.477 e. The molecule has 1 aromatic rings. The van der Waals surface area contributed by atoms with Crippen LogP contribution in [-0.2, 0) is 15.4 Å². The Bertz CT molecular complexity index is 544. The lowest BCUT2D eigenvalue weighted by atomic mass is 10.0. The molecule has 0 spiro atoms. The quantitative estimate of drug-likeness (QED) is 0.908. The van der Waals surface area contributed by atoms with Crippen LogP contribution in [0.2, 0.25) is 0 Å². The molecular weight excluding hydrogens is 288 g/mol. The van der Waals surface area contributed by atoms with Gasteiger partial charge in [-0.15, -0.1) is 0 Å². The van der Waals surface area contributed by atoms with E-state index in [4.69, 9.17) is 9.94 Å². The van der Waals surface area contributed by atoms with E-state index in [-0.39, 0.29) is 23.4 Å². The first kappa shape index (κ1) is 14.8. The Hall–Kier alpha value is -1.63. The Labute approximate surface area is 118 Å². The molecule has 0 aliphatic carbocycles. The van der Waals surface area contributed by atoms with E-state index in [1.807, 2.05) is 0 Å². The summed E-state index contributed by atoms with van der Waals surface area (Å²) in [6.07, 6.45) is 0.176. The zero-order chi connectivity index (χ0) is 14.8. The van der Waals surface area contributed by atoms with E-state index < -0.39 is 23.2 Å². The highest BCUT2D eigenvalue weighted by atomic mass is 32.2. The van der Waals surface area contributed by atoms with Gasteiger partial charge in [-0.3, -0.25) is 0 Å². The minimum atomic E-state index is -1.11. The second kappa shape index (κ2) is 5.78. The van der Waals surface area contributed by atoms with Crippen LogP contribution in [0.5, 0.6) is 0 Å². The van der Waals surface area contributed by atoms with Crippen LogP contribution in [-0.4, -0.2) is 28.1 Å². The number of benzene rings is 1. The first-order valence-electron chi connectivity index (χ1n) is 5.90. The summed E-state index contributed by atoms with van der Waals surface area (Å²) < 4.78 is 26.9. The number of carboxylic acid groups (broad SMARTS) is 1. The molecule has 0 saturated heterocycles. The maximum absolute atomic E-state index is 13.4. The Balaban J connectivity index is 1.90. The Morgan fingerprint density at radius 1 is 1.50 bits per heavy atom. The molecule has 1 aliphatic heterocycles. The molecule has 0 saturated carbocycles. The molecule has 1 N–H and O–H groups in total. The number of carboxylic acids is 1. The molecule has 4 nitrogen and oxygen atoms in total. The van der Waals surface area contributed by atoms with Crippen LogP contribution in [0, 0.1) is 11.6 Å². The molecule has 108 valence electrons. The minimum absolute atomic E-state index is 0.0125. The van der Waals surface area contributed by atoms with Gasteiger partial charge in [-0.2, -0.15) is 11.8 Å². The maximum atomic E-state index is 13.4. The van der Waals surface area contributed by atoms with E-state index in [1.54, 1.807) is 6.92 Å². The van der Waals surface area contributed by atoms with Gasteiger partial charge in [0, 0.05) is 23.5 Å². The molecule has 20 heavy (non-hydrogen) atoms. The van der Waals surface area contributed by atoms with E-state index in [0.29, 0.717) is 5.75 Å². The van der Waals surface area contributed by atoms with Crippen molar-refractivity contribution in [1.29, 1.82) is 0 Å². The van der Waals surface area contributed by atoms with Gasteiger partial charge in [-0.1, -0.05) is 11.2 Å². The Morgan fingerprint density at radius 3 is 2.70 bits per heavy atom. The lowest BCUT2D eigenvalue weighted by Crippen LogP contribution is -2.29. The van der Waals surface area contributed by atoms with Crippen LogP contribution in [0.25, 0.3) is 0 Å². The monoisotopic (exact) mass is 301 g/mol. The number of halogens is 2. The first-order chi connectivity index (χ1) is 9.41. The van der Waals surface area contributed by atoms with Gasteiger partial charge in [0.2, 0.25) is 0 Å². The summed E-state index contributed by atoms with van der Waals surface area (Å²) in [5.74, 6) is -1.74. The SMILES string of the molecule is CC1(CSCc2c(F)cccc2F)CC(C(=O)O)=NO1. The third kappa shape index (κ3) is 3.27. The predicted octanol–water partition coefficient (Wildman–Crippen LogP) is 2.82. The summed E-state index contributed by atoms with van der Waals surface area (Å²) in [5, 5.41) is 12.3. The number of aliphatic carboxylic acids is 1. The third-order valence-corrected chi connectivity index (χ3v) is 4.19. The molecule has 1 unspecified atom stereocenters. The van der Waals surface area contributed by atoms with Crippen molar-refractivity contribution in [1.82, 2.24) is 0 Å². The van der Waals surface area contributed by atoms with Crippen LogP contribution >= 0.6 is 11.8 Å². The lowest BCUT2D eigenvalue weighted by Gasteiger charge is -2.20. The number of rotatable bonds is 5. The molecule has 1 heterocycles. The second-order valence-electron chi connectivity index (χ2n) is 4.75. The van der Waals surface area contributed by atoms with Crippen molar-refractivity contribution in [2.75, 3.05) is 5.75 Å². The van der Waals surface area contributed by atoms with Crippen LogP contribution in [0.15, 0.2) is 23.4 Å². The topological polar surface area (TPSA) is 58.9 Å². The van der Waals surface area contributed by atoms with Crippen molar-refractivity contribution in [3.05, 3.63) is 35.4 Å². The van der Waals surface area contributed by atoms with Crippen LogP contribution in [0.4, 0.5) is 8.78 Å². The Kier molecular flexibility index (Phi) is 4.27. The number of oxime groups is 1. The van der Waals surface area contributed by atoms with Gasteiger partial charge >= 0.3 is 5.97 Å². The van der Waals surface area contributed by atoms with E-state index in [1.165, 1.54) is 30.0 Å². The number of carbonyl (C=O) groups is 1. The summed E-state index contributed by atoms with van der Waals surface area (Å²) in [4.78, 5) is 15.9. The number of hydrogen-bond donors (Lipinski definition) is 1. The van der Waals surface area contributed by atoms with Gasteiger partial charge in [0.05, 0.1) is 0 Å². The summed E-state index contributed by atoms with van der Waals surface area (Å²) in [6.45, 7) is 1.72. The maximum Gasteiger partial charge on any atom is 0.353 e. The third-order valence-electron chi connectivity index (χ3n) is 2.88. The molecule has 0 amide bonds. The predicted molar refractivity (Wildman–Crippen MR) is 71.7 cm³/mol. The molecule has 2 rings (SSSR count). The van der Waals surface area contributed by atoms with Crippen molar-refractivity contribution >= 4 is 23.4 Å². The van der Waals surface area contributed by atoms with Gasteiger partial charge in [0.15, 0.2) is 5.71 Å². The van der Waals surface area contributed by atoms with E-state index in [0.717, 1.165) is 0 Å². The fourth-order valence-electron chi connectivity index (χ4n) is 1.82. The van der Waals surface area contributed by atoms with Crippen molar-refractivity contribution in [3.63, 3.8) is 0 Å². The van der Waals surface area contributed by atoms with E-state index >= 15 is 0 Å². The fraction of sp³-hybridized carbons (Fsp3) is 0.385. The zero-order valence-electron chi connectivity index (χ0n) is 10.7. The zero-order valence-corrected chi connectivity index (χ0v) is 11.5. The average molecular weight is 301 g/mol. The number of nitrogens with zero attached hydrogens (tertiary/aromatic N) is 1. The summed E-state index contributed by atoms with van der Waals surface area (Å²) >= 11 is 1.27. The van der Waals surface area contributed by atoms with Crippen molar-refractivity contribution in [3.8, 4) is 0 Å². The normalized spacial score (nSPS) is 21.4. The molecule has 1 aliphatic rings. The number of thioether (sulfide) groups is 1. The van der Waals surface area contributed by atoms with Crippen LogP contribution in [0.3, 0.4) is 0 Å². The fourth-order valence-corrected chi connectivity index (χ4v) is 2.98. The summed E-state index contributed by atoms with van der Waals surface area (Å²) in [5.41, 5.74) is -0.774. The molecule has 0 radical (unpaired) electrons. The smallest absolute Gasteiger partial charge is 0.353 e. The van der Waals surface area contributed by atoms with Gasteiger partial charge in [-0.05, 0) is 19.1 Å². The highest BCUT2D eigenvalue weighted by Gasteiger charge is 2.37. The molecule has 0 aromatic heterocycles. The first-order valence-corrected chi connectivity index (χ1v) is 7.06. The lowest BCUT2D eigenvalue weighted by molar-refractivity contribution is -0.129. The van der Waals surface area contributed by atoms with Gasteiger partial charge in [0.1, 0.15) is 17.2 Å². The highest BCUT2D eigenvalue weighted by molar-refractivity contribution is 7.98. The summed E-state index contributed by atoms with van der Waals surface area (Å²) in [6, 6.07) is 3.73. The minimum Gasteiger partial charge on any atom is -0.477 e.